The highest BCUT2D eigenvalue weighted by Crippen LogP contribution is 2.06. The smallest absolute Gasteiger partial charge is 0.422 e. The number of nitrogens with one attached hydrogen (secondary N) is 3. The first-order chi connectivity index (χ1) is 8.37. The van der Waals surface area contributed by atoms with E-state index in [-0.39, 0.29) is 6.04 Å². The number of morpholine rings is 1. The molecule has 18 heavy (non-hydrogen) atoms. The summed E-state index contributed by atoms with van der Waals surface area (Å²) in [5.41, 5.74) is 5.00. The Labute approximate surface area is 109 Å². The van der Waals surface area contributed by atoms with Crippen LogP contribution in [0, 0.1) is 0 Å². The molecule has 1 amide bonds. The van der Waals surface area contributed by atoms with Gasteiger partial charge in [-0.15, -0.1) is 0 Å². The molecule has 0 aliphatic carbocycles. The molecule has 2 unspecified atom stereocenters. The second-order valence-corrected chi connectivity index (χ2v) is 5.63. The molecule has 1 aliphatic rings. The number of hydrogen-bond donors (Lipinski definition) is 3. The van der Waals surface area contributed by atoms with Crippen LogP contribution in [0.2, 0.25) is 0 Å². The van der Waals surface area contributed by atoms with Crippen molar-refractivity contribution in [3.8, 4) is 0 Å². The Balaban J connectivity index is 2.16. The Morgan fingerprint density at radius 3 is 2.83 bits per heavy atom. The number of hydrazine groups is 1. The molecule has 0 saturated carbocycles. The lowest BCUT2D eigenvalue weighted by atomic mass is 10.1. The summed E-state index contributed by atoms with van der Waals surface area (Å²) < 4.78 is 10.5. The number of rotatable bonds is 4. The van der Waals surface area contributed by atoms with Crippen LogP contribution in [0.1, 0.15) is 34.1 Å². The summed E-state index contributed by atoms with van der Waals surface area (Å²) in [5.74, 6) is 0. The molecule has 1 rings (SSSR count). The SMILES string of the molecule is CC(CC1COCCN1)NNC(=O)OC(C)(C)C. The van der Waals surface area contributed by atoms with Crippen LogP contribution in [-0.2, 0) is 9.47 Å². The molecule has 0 radical (unpaired) electrons. The molecule has 106 valence electrons. The van der Waals surface area contributed by atoms with E-state index in [1.165, 1.54) is 0 Å². The van der Waals surface area contributed by atoms with Crippen molar-refractivity contribution in [1.82, 2.24) is 16.2 Å². The average molecular weight is 259 g/mol. The lowest BCUT2D eigenvalue weighted by molar-refractivity contribution is 0.0474. The number of ether oxygens (including phenoxy) is 2. The maximum Gasteiger partial charge on any atom is 0.422 e. The van der Waals surface area contributed by atoms with Crippen molar-refractivity contribution in [3.05, 3.63) is 0 Å². The molecule has 1 heterocycles. The first-order valence-electron chi connectivity index (χ1n) is 6.42. The average Bonchev–Trinajstić information content (AvgIpc) is 2.25. The minimum Gasteiger partial charge on any atom is -0.443 e. The van der Waals surface area contributed by atoms with Crippen LogP contribution in [0.25, 0.3) is 0 Å². The van der Waals surface area contributed by atoms with Gasteiger partial charge in [0.1, 0.15) is 5.60 Å². The second-order valence-electron chi connectivity index (χ2n) is 5.63. The zero-order valence-electron chi connectivity index (χ0n) is 11.7. The Kier molecular flexibility index (Phi) is 5.84. The third-order valence-electron chi connectivity index (χ3n) is 2.46. The van der Waals surface area contributed by atoms with Crippen molar-refractivity contribution in [2.75, 3.05) is 19.8 Å². The molecule has 1 fully saturated rings. The van der Waals surface area contributed by atoms with Gasteiger partial charge in [0.2, 0.25) is 0 Å². The zero-order valence-corrected chi connectivity index (χ0v) is 11.7. The topological polar surface area (TPSA) is 71.6 Å². The molecule has 0 aromatic carbocycles. The summed E-state index contributed by atoms with van der Waals surface area (Å²) in [6.07, 6.45) is 0.428. The molecule has 3 N–H and O–H groups in total. The molecule has 2 atom stereocenters. The van der Waals surface area contributed by atoms with Gasteiger partial charge in [0.05, 0.1) is 13.2 Å². The van der Waals surface area contributed by atoms with E-state index >= 15 is 0 Å². The van der Waals surface area contributed by atoms with E-state index in [0.717, 1.165) is 26.2 Å². The summed E-state index contributed by atoms with van der Waals surface area (Å²) in [7, 11) is 0. The number of amides is 1. The predicted octanol–water partition coefficient (Wildman–Crippen LogP) is 0.783. The van der Waals surface area contributed by atoms with Gasteiger partial charge in [0.15, 0.2) is 0 Å². The van der Waals surface area contributed by atoms with Crippen LogP contribution in [0.15, 0.2) is 0 Å². The van der Waals surface area contributed by atoms with E-state index in [2.05, 4.69) is 16.2 Å². The molecular formula is C12H25N3O3. The molecular weight excluding hydrogens is 234 g/mol. The Hall–Kier alpha value is -0.850. The van der Waals surface area contributed by atoms with Gasteiger partial charge in [0, 0.05) is 18.6 Å². The van der Waals surface area contributed by atoms with Crippen LogP contribution in [0.3, 0.4) is 0 Å². The number of hydrogen-bond acceptors (Lipinski definition) is 5. The van der Waals surface area contributed by atoms with Crippen molar-refractivity contribution in [3.63, 3.8) is 0 Å². The highest BCUT2D eigenvalue weighted by Gasteiger charge is 2.18. The van der Waals surface area contributed by atoms with E-state index in [9.17, 15) is 4.79 Å². The van der Waals surface area contributed by atoms with Crippen LogP contribution in [-0.4, -0.2) is 43.5 Å². The fraction of sp³-hybridized carbons (Fsp3) is 0.917. The summed E-state index contributed by atoms with van der Waals surface area (Å²) >= 11 is 0. The maximum atomic E-state index is 11.4. The van der Waals surface area contributed by atoms with E-state index in [0.29, 0.717) is 6.04 Å². The number of carbonyl (C=O) groups is 1. The van der Waals surface area contributed by atoms with Crippen molar-refractivity contribution >= 4 is 6.09 Å². The monoisotopic (exact) mass is 259 g/mol. The minimum absolute atomic E-state index is 0.150. The third kappa shape index (κ3) is 6.78. The third-order valence-corrected chi connectivity index (χ3v) is 2.46. The standard InChI is InChI=1S/C12H25N3O3/c1-9(7-10-8-17-6-5-13-10)14-15-11(16)18-12(2,3)4/h9-10,13-14H,5-8H2,1-4H3,(H,15,16). The zero-order chi connectivity index (χ0) is 13.6. The molecule has 1 aliphatic heterocycles. The van der Waals surface area contributed by atoms with Gasteiger partial charge in [-0.2, -0.15) is 0 Å². The highest BCUT2D eigenvalue weighted by molar-refractivity contribution is 5.66. The molecule has 0 spiro atoms. The Bertz CT molecular complexity index is 260. The van der Waals surface area contributed by atoms with Gasteiger partial charge < -0.3 is 14.8 Å². The van der Waals surface area contributed by atoms with Gasteiger partial charge in [-0.25, -0.2) is 10.2 Å². The van der Waals surface area contributed by atoms with E-state index in [1.54, 1.807) is 0 Å². The first kappa shape index (κ1) is 15.2. The predicted molar refractivity (Wildman–Crippen MR) is 69.2 cm³/mol. The van der Waals surface area contributed by atoms with Gasteiger partial charge in [0.25, 0.3) is 0 Å². The van der Waals surface area contributed by atoms with Crippen molar-refractivity contribution in [1.29, 1.82) is 0 Å². The van der Waals surface area contributed by atoms with E-state index in [4.69, 9.17) is 9.47 Å². The molecule has 0 aromatic rings. The largest absolute Gasteiger partial charge is 0.443 e. The van der Waals surface area contributed by atoms with Gasteiger partial charge >= 0.3 is 6.09 Å². The van der Waals surface area contributed by atoms with Gasteiger partial charge in [-0.3, -0.25) is 5.43 Å². The molecule has 1 saturated heterocycles. The molecule has 6 nitrogen and oxygen atoms in total. The fourth-order valence-corrected chi connectivity index (χ4v) is 1.74. The van der Waals surface area contributed by atoms with Crippen LogP contribution in [0.5, 0.6) is 0 Å². The lowest BCUT2D eigenvalue weighted by Gasteiger charge is -2.27. The van der Waals surface area contributed by atoms with Crippen LogP contribution < -0.4 is 16.2 Å². The van der Waals surface area contributed by atoms with Crippen molar-refractivity contribution in [2.45, 2.75) is 51.8 Å². The Morgan fingerprint density at radius 2 is 2.28 bits per heavy atom. The maximum absolute atomic E-state index is 11.4. The molecule has 6 heteroatoms. The van der Waals surface area contributed by atoms with E-state index < -0.39 is 11.7 Å². The minimum atomic E-state index is -0.478. The van der Waals surface area contributed by atoms with Crippen LogP contribution >= 0.6 is 0 Å². The summed E-state index contributed by atoms with van der Waals surface area (Å²) in [6.45, 7) is 9.88. The highest BCUT2D eigenvalue weighted by atomic mass is 16.6. The first-order valence-corrected chi connectivity index (χ1v) is 6.42. The quantitative estimate of drug-likeness (QED) is 0.651. The summed E-state index contributed by atoms with van der Waals surface area (Å²) in [6, 6.07) is 0.485. The fourth-order valence-electron chi connectivity index (χ4n) is 1.74. The van der Waals surface area contributed by atoms with Crippen LogP contribution in [0.4, 0.5) is 4.79 Å². The molecule has 0 aromatic heterocycles. The second kappa shape index (κ2) is 6.92. The summed E-state index contributed by atoms with van der Waals surface area (Å²) in [5, 5.41) is 3.37. The molecule has 0 bridgehead atoms. The van der Waals surface area contributed by atoms with Crippen molar-refractivity contribution in [2.24, 2.45) is 0 Å². The summed E-state index contributed by atoms with van der Waals surface area (Å²) in [4.78, 5) is 11.4. The lowest BCUT2D eigenvalue weighted by Crippen LogP contribution is -2.49. The van der Waals surface area contributed by atoms with E-state index in [1.807, 2.05) is 27.7 Å². The van der Waals surface area contributed by atoms with Crippen molar-refractivity contribution < 1.29 is 14.3 Å². The normalized spacial score (nSPS) is 22.3. The van der Waals surface area contributed by atoms with Gasteiger partial charge in [-0.1, -0.05) is 0 Å². The Morgan fingerprint density at radius 1 is 1.56 bits per heavy atom. The number of carbonyl (C=O) groups excluding carboxylic acids is 1. The van der Waals surface area contributed by atoms with Gasteiger partial charge in [-0.05, 0) is 34.1 Å².